The molecule has 0 atom stereocenters. The lowest BCUT2D eigenvalue weighted by atomic mass is 9.81. The molecule has 0 saturated heterocycles. The van der Waals surface area contributed by atoms with E-state index in [2.05, 4.69) is 70.2 Å². The van der Waals surface area contributed by atoms with Crippen LogP contribution < -0.4 is 0 Å². The lowest BCUT2D eigenvalue weighted by molar-refractivity contribution is 0.300. The Morgan fingerprint density at radius 3 is 2.32 bits per heavy atom. The molecule has 128 valence electrons. The van der Waals surface area contributed by atoms with Gasteiger partial charge in [-0.25, -0.2) is 0 Å². The second-order valence-electron chi connectivity index (χ2n) is 7.62. The van der Waals surface area contributed by atoms with Crippen LogP contribution in [0.4, 0.5) is 0 Å². The van der Waals surface area contributed by atoms with Gasteiger partial charge in [0.15, 0.2) is 0 Å². The first-order valence-corrected chi connectivity index (χ1v) is 9.70. The van der Waals surface area contributed by atoms with Gasteiger partial charge >= 0.3 is 0 Å². The van der Waals surface area contributed by atoms with Crippen LogP contribution in [0, 0.1) is 13.8 Å². The van der Waals surface area contributed by atoms with E-state index < -0.39 is 0 Å². The molecule has 0 aliphatic heterocycles. The van der Waals surface area contributed by atoms with Crippen molar-refractivity contribution in [3.8, 4) is 21.6 Å². The predicted molar refractivity (Wildman–Crippen MR) is 108 cm³/mol. The predicted octanol–water partition coefficient (Wildman–Crippen LogP) is 5.87. The Morgan fingerprint density at radius 1 is 0.920 bits per heavy atom. The number of fused-ring (bicyclic) bond motifs is 3. The van der Waals surface area contributed by atoms with Crippen LogP contribution in [0.1, 0.15) is 41.0 Å². The summed E-state index contributed by atoms with van der Waals surface area (Å²) in [5.74, 6) is 0. The zero-order valence-corrected chi connectivity index (χ0v) is 16.1. The van der Waals surface area contributed by atoms with Crippen molar-refractivity contribution in [2.45, 2.75) is 39.5 Å². The summed E-state index contributed by atoms with van der Waals surface area (Å²) in [6.07, 6.45) is 0.722. The highest BCUT2D eigenvalue weighted by molar-refractivity contribution is 7.15. The summed E-state index contributed by atoms with van der Waals surface area (Å²) in [6.45, 7) is 9.17. The van der Waals surface area contributed by atoms with E-state index in [1.54, 1.807) is 0 Å². The third-order valence-corrected chi connectivity index (χ3v) is 6.55. The molecule has 1 nitrogen and oxygen atoms in total. The Kier molecular flexibility index (Phi) is 3.86. The summed E-state index contributed by atoms with van der Waals surface area (Å²) in [5, 5.41) is 9.39. The third-order valence-electron chi connectivity index (χ3n) is 5.41. The Hall–Kier alpha value is -1.90. The number of aliphatic hydroxyl groups is 1. The fraction of sp³-hybridized carbons (Fsp3) is 0.304. The number of hydrogen-bond acceptors (Lipinski definition) is 2. The number of aliphatic hydroxyl groups excluding tert-OH is 1. The van der Waals surface area contributed by atoms with Crippen LogP contribution in [0.15, 0.2) is 42.5 Å². The minimum Gasteiger partial charge on any atom is -0.396 e. The van der Waals surface area contributed by atoms with Crippen molar-refractivity contribution >= 4 is 11.3 Å². The molecule has 0 fully saturated rings. The van der Waals surface area contributed by atoms with Gasteiger partial charge in [-0.3, -0.25) is 0 Å². The van der Waals surface area contributed by atoms with E-state index in [0.29, 0.717) is 0 Å². The van der Waals surface area contributed by atoms with Crippen molar-refractivity contribution < 1.29 is 5.11 Å². The molecule has 2 heteroatoms. The molecule has 25 heavy (non-hydrogen) atoms. The number of aryl methyl sites for hydroxylation is 2. The molecule has 2 aromatic carbocycles. The van der Waals surface area contributed by atoms with Crippen LogP contribution in [0.3, 0.4) is 0 Å². The fourth-order valence-corrected chi connectivity index (χ4v) is 5.17. The van der Waals surface area contributed by atoms with Crippen molar-refractivity contribution in [3.05, 3.63) is 69.6 Å². The van der Waals surface area contributed by atoms with E-state index in [-0.39, 0.29) is 12.0 Å². The van der Waals surface area contributed by atoms with Crippen molar-refractivity contribution in [2.75, 3.05) is 6.61 Å². The van der Waals surface area contributed by atoms with Crippen LogP contribution in [0.2, 0.25) is 0 Å². The number of benzene rings is 2. The Labute approximate surface area is 154 Å². The maximum Gasteiger partial charge on any atom is 0.0471 e. The van der Waals surface area contributed by atoms with Gasteiger partial charge in [-0.2, -0.15) is 0 Å². The molecule has 1 N–H and O–H groups in total. The Morgan fingerprint density at radius 2 is 1.60 bits per heavy atom. The summed E-state index contributed by atoms with van der Waals surface area (Å²) in [6, 6.07) is 15.9. The summed E-state index contributed by atoms with van der Waals surface area (Å²) < 4.78 is 0. The molecule has 1 aliphatic carbocycles. The second-order valence-corrected chi connectivity index (χ2v) is 8.88. The quantitative estimate of drug-likeness (QED) is 0.627. The average Bonchev–Trinajstić information content (AvgIpc) is 3.04. The van der Waals surface area contributed by atoms with Gasteiger partial charge in [0.2, 0.25) is 0 Å². The van der Waals surface area contributed by atoms with Crippen molar-refractivity contribution in [3.63, 3.8) is 0 Å². The summed E-state index contributed by atoms with van der Waals surface area (Å²) in [5.41, 5.74) is 9.45. The van der Waals surface area contributed by atoms with E-state index in [4.69, 9.17) is 0 Å². The Bertz CT molecular complexity index is 962. The minimum atomic E-state index is 0.0240. The molecule has 1 aliphatic rings. The topological polar surface area (TPSA) is 20.2 Å². The lowest BCUT2D eigenvalue weighted by Crippen LogP contribution is -2.15. The summed E-state index contributed by atoms with van der Waals surface area (Å²) in [4.78, 5) is 2.61. The van der Waals surface area contributed by atoms with Gasteiger partial charge in [-0.15, -0.1) is 11.3 Å². The van der Waals surface area contributed by atoms with Gasteiger partial charge in [0, 0.05) is 21.8 Å². The van der Waals surface area contributed by atoms with Crippen molar-refractivity contribution in [1.29, 1.82) is 0 Å². The summed E-state index contributed by atoms with van der Waals surface area (Å²) >= 11 is 1.83. The molecular weight excluding hydrogens is 324 g/mol. The normalized spacial score (nSPS) is 14.4. The third kappa shape index (κ3) is 2.56. The SMILES string of the molecule is Cc1ccc2c(c1)C(C)(C)c1cc(-c3sc(C)cc3CCO)ccc1-2. The van der Waals surface area contributed by atoms with Crippen molar-refractivity contribution in [2.24, 2.45) is 0 Å². The first-order chi connectivity index (χ1) is 11.9. The minimum absolute atomic E-state index is 0.0240. The smallest absolute Gasteiger partial charge is 0.0471 e. The molecular formula is C23H24OS. The maximum absolute atomic E-state index is 9.39. The van der Waals surface area contributed by atoms with Gasteiger partial charge in [-0.1, -0.05) is 49.7 Å². The zero-order chi connectivity index (χ0) is 17.8. The molecule has 1 heterocycles. The molecule has 1 aromatic heterocycles. The number of rotatable bonds is 3. The van der Waals surface area contributed by atoms with Gasteiger partial charge in [-0.05, 0) is 65.8 Å². The maximum atomic E-state index is 9.39. The second kappa shape index (κ2) is 5.82. The molecule has 0 saturated carbocycles. The van der Waals surface area contributed by atoms with Crippen molar-refractivity contribution in [1.82, 2.24) is 0 Å². The number of thiophene rings is 1. The molecule has 0 bridgehead atoms. The van der Waals surface area contributed by atoms with Crippen LogP contribution in [0.25, 0.3) is 21.6 Å². The van der Waals surface area contributed by atoms with Gasteiger partial charge < -0.3 is 5.11 Å². The van der Waals surface area contributed by atoms with E-state index >= 15 is 0 Å². The van der Waals surface area contributed by atoms with Crippen LogP contribution >= 0.6 is 11.3 Å². The highest BCUT2D eigenvalue weighted by Crippen LogP contribution is 2.50. The van der Waals surface area contributed by atoms with E-state index in [9.17, 15) is 5.11 Å². The number of hydrogen-bond donors (Lipinski definition) is 1. The van der Waals surface area contributed by atoms with Crippen LogP contribution in [-0.2, 0) is 11.8 Å². The molecule has 0 unspecified atom stereocenters. The fourth-order valence-electron chi connectivity index (χ4n) is 4.11. The van der Waals surface area contributed by atoms with Crippen LogP contribution in [-0.4, -0.2) is 11.7 Å². The molecule has 0 radical (unpaired) electrons. The van der Waals surface area contributed by atoms with Gasteiger partial charge in [0.05, 0.1) is 0 Å². The zero-order valence-electron chi connectivity index (χ0n) is 15.3. The van der Waals surface area contributed by atoms with Gasteiger partial charge in [0.1, 0.15) is 0 Å². The highest BCUT2D eigenvalue weighted by Gasteiger charge is 2.35. The van der Waals surface area contributed by atoms with Crippen LogP contribution in [0.5, 0.6) is 0 Å². The standard InChI is InChI=1S/C23H24OS/c1-14-5-7-18-19-8-6-16(13-21(19)23(3,4)20(18)11-14)22-17(9-10-24)12-15(2)25-22/h5-8,11-13,24H,9-10H2,1-4H3. The largest absolute Gasteiger partial charge is 0.396 e. The first kappa shape index (κ1) is 16.6. The van der Waals surface area contributed by atoms with E-state index in [0.717, 1.165) is 6.42 Å². The monoisotopic (exact) mass is 348 g/mol. The average molecular weight is 349 g/mol. The van der Waals surface area contributed by atoms with E-state index in [1.165, 1.54) is 48.7 Å². The first-order valence-electron chi connectivity index (χ1n) is 8.88. The molecule has 4 rings (SSSR count). The summed E-state index contributed by atoms with van der Waals surface area (Å²) in [7, 11) is 0. The Balaban J connectivity index is 1.88. The molecule has 0 spiro atoms. The molecule has 0 amide bonds. The van der Waals surface area contributed by atoms with Gasteiger partial charge in [0.25, 0.3) is 0 Å². The van der Waals surface area contributed by atoms with E-state index in [1.807, 2.05) is 11.3 Å². The molecule has 3 aromatic rings. The lowest BCUT2D eigenvalue weighted by Gasteiger charge is -2.22. The highest BCUT2D eigenvalue weighted by atomic mass is 32.1.